The highest BCUT2D eigenvalue weighted by molar-refractivity contribution is 7.89. The van der Waals surface area contributed by atoms with Crippen molar-refractivity contribution in [3.63, 3.8) is 0 Å². The van der Waals surface area contributed by atoms with Gasteiger partial charge in [0.25, 0.3) is 0 Å². The van der Waals surface area contributed by atoms with Gasteiger partial charge in [-0.15, -0.1) is 0 Å². The number of alkyl halides is 3. The second-order valence-corrected chi connectivity index (χ2v) is 10.6. The molecule has 3 fully saturated rings. The number of carbonyl (C=O) groups excluding carboxylic acids is 1. The van der Waals surface area contributed by atoms with Crippen molar-refractivity contribution in [2.45, 2.75) is 61.3 Å². The van der Waals surface area contributed by atoms with Crippen molar-refractivity contribution in [3.05, 3.63) is 0 Å². The molecule has 2 unspecified atom stereocenters. The lowest BCUT2D eigenvalue weighted by atomic mass is 9.87. The number of aliphatic hydroxyl groups excluding tert-OH is 1. The topological polar surface area (TPSA) is 106 Å². The maximum absolute atomic E-state index is 12.9. The van der Waals surface area contributed by atoms with Gasteiger partial charge in [0.15, 0.2) is 0 Å². The van der Waals surface area contributed by atoms with Gasteiger partial charge >= 0.3 is 12.3 Å². The number of ether oxygens (including phenoxy) is 3. The Morgan fingerprint density at radius 2 is 1.90 bits per heavy atom. The Kier molecular flexibility index (Phi) is 7.41. The van der Waals surface area contributed by atoms with E-state index in [1.54, 1.807) is 7.05 Å². The van der Waals surface area contributed by atoms with Crippen molar-refractivity contribution in [1.29, 1.82) is 0 Å². The zero-order valence-electron chi connectivity index (χ0n) is 17.3. The molecule has 0 aromatic carbocycles. The number of sulfonamides is 1. The van der Waals surface area contributed by atoms with E-state index in [0.29, 0.717) is 45.3 Å². The standard InChI is InChI=1S/C18H29F3N2O7S/c1-22(31(26,27)14-2-8-28-9-3-14)13-10-17(29-12-13)4-6-23(7-5-17)16(25)30-15(11-24)18(19,20)21/h13-15,24H,2-12H2,1H3. The minimum Gasteiger partial charge on any atom is -0.434 e. The van der Waals surface area contributed by atoms with E-state index in [1.807, 2.05) is 0 Å². The van der Waals surface area contributed by atoms with Gasteiger partial charge in [-0.1, -0.05) is 0 Å². The lowest BCUT2D eigenvalue weighted by Gasteiger charge is -2.39. The van der Waals surface area contributed by atoms with Gasteiger partial charge in [0.2, 0.25) is 16.1 Å². The number of rotatable bonds is 5. The van der Waals surface area contributed by atoms with Crippen LogP contribution in [0.1, 0.15) is 32.1 Å². The predicted molar refractivity (Wildman–Crippen MR) is 102 cm³/mol. The van der Waals surface area contributed by atoms with Crippen LogP contribution in [0.5, 0.6) is 0 Å². The van der Waals surface area contributed by atoms with Crippen LogP contribution >= 0.6 is 0 Å². The molecule has 1 N–H and O–H groups in total. The van der Waals surface area contributed by atoms with Crippen LogP contribution < -0.4 is 0 Å². The van der Waals surface area contributed by atoms with Crippen LogP contribution in [0.2, 0.25) is 0 Å². The van der Waals surface area contributed by atoms with Gasteiger partial charge in [0.05, 0.1) is 30.1 Å². The number of hydrogen-bond donors (Lipinski definition) is 1. The molecule has 31 heavy (non-hydrogen) atoms. The summed E-state index contributed by atoms with van der Waals surface area (Å²) in [5, 5.41) is 8.34. The summed E-state index contributed by atoms with van der Waals surface area (Å²) in [6, 6.07) is -0.338. The third-order valence-electron chi connectivity index (χ3n) is 6.40. The molecule has 0 aromatic heterocycles. The quantitative estimate of drug-likeness (QED) is 0.636. The third-order valence-corrected chi connectivity index (χ3v) is 8.82. The maximum Gasteiger partial charge on any atom is 0.427 e. The minimum absolute atomic E-state index is 0.123. The van der Waals surface area contributed by atoms with Gasteiger partial charge in [0.1, 0.15) is 0 Å². The summed E-state index contributed by atoms with van der Waals surface area (Å²) < 4.78 is 80.9. The number of halogens is 3. The van der Waals surface area contributed by atoms with Gasteiger partial charge in [-0.3, -0.25) is 0 Å². The molecule has 3 aliphatic rings. The molecule has 0 bridgehead atoms. The van der Waals surface area contributed by atoms with Gasteiger partial charge < -0.3 is 24.2 Å². The van der Waals surface area contributed by atoms with Crippen molar-refractivity contribution in [2.75, 3.05) is 46.6 Å². The Balaban J connectivity index is 1.54. The van der Waals surface area contributed by atoms with E-state index in [9.17, 15) is 26.4 Å². The first-order valence-corrected chi connectivity index (χ1v) is 11.8. The van der Waals surface area contributed by atoms with Crippen LogP contribution in [-0.2, 0) is 24.2 Å². The molecule has 1 spiro atoms. The van der Waals surface area contributed by atoms with Gasteiger partial charge in [-0.2, -0.15) is 17.5 Å². The van der Waals surface area contributed by atoms with Crippen molar-refractivity contribution in [1.82, 2.24) is 9.21 Å². The molecule has 3 heterocycles. The molecule has 9 nitrogen and oxygen atoms in total. The number of likely N-dealkylation sites (N-methyl/N-ethyl adjacent to an activating group) is 1. The molecule has 0 saturated carbocycles. The highest BCUT2D eigenvalue weighted by Gasteiger charge is 2.48. The van der Waals surface area contributed by atoms with Crippen LogP contribution in [0.4, 0.5) is 18.0 Å². The third kappa shape index (κ3) is 5.44. The number of aliphatic hydroxyl groups is 1. The zero-order valence-corrected chi connectivity index (χ0v) is 18.2. The number of piperidine rings is 1. The molecule has 180 valence electrons. The molecular weight excluding hydrogens is 445 g/mol. The lowest BCUT2D eigenvalue weighted by molar-refractivity contribution is -0.215. The Bertz CT molecular complexity index is 735. The Hall–Kier alpha value is -1.15. The first-order valence-electron chi connectivity index (χ1n) is 10.3. The van der Waals surface area contributed by atoms with E-state index in [0.717, 1.165) is 4.90 Å². The van der Waals surface area contributed by atoms with Crippen molar-refractivity contribution in [2.24, 2.45) is 0 Å². The van der Waals surface area contributed by atoms with Gasteiger partial charge in [-0.05, 0) is 32.1 Å². The van der Waals surface area contributed by atoms with Crippen LogP contribution in [0.3, 0.4) is 0 Å². The fraction of sp³-hybridized carbons (Fsp3) is 0.944. The molecular formula is C18H29F3N2O7S. The van der Waals surface area contributed by atoms with Crippen LogP contribution in [0, 0.1) is 0 Å². The molecule has 0 radical (unpaired) electrons. The summed E-state index contributed by atoms with van der Waals surface area (Å²) in [6.07, 6.45) is -6.46. The molecule has 2 atom stereocenters. The first-order chi connectivity index (χ1) is 14.5. The average Bonchev–Trinajstić information content (AvgIpc) is 3.14. The fourth-order valence-electron chi connectivity index (χ4n) is 4.32. The highest BCUT2D eigenvalue weighted by atomic mass is 32.2. The summed E-state index contributed by atoms with van der Waals surface area (Å²) in [7, 11) is -1.94. The van der Waals surface area contributed by atoms with E-state index in [2.05, 4.69) is 4.74 Å². The molecule has 3 rings (SSSR count). The Morgan fingerprint density at radius 3 is 2.45 bits per heavy atom. The fourth-order valence-corrected chi connectivity index (χ4v) is 6.13. The summed E-state index contributed by atoms with van der Waals surface area (Å²) in [5.74, 6) is 0. The second kappa shape index (κ2) is 9.38. The minimum atomic E-state index is -4.84. The average molecular weight is 474 g/mol. The van der Waals surface area contributed by atoms with Gasteiger partial charge in [0, 0.05) is 33.4 Å². The van der Waals surface area contributed by atoms with E-state index < -0.39 is 45.9 Å². The monoisotopic (exact) mass is 474 g/mol. The smallest absolute Gasteiger partial charge is 0.427 e. The summed E-state index contributed by atoms with van der Waals surface area (Å²) in [4.78, 5) is 13.2. The second-order valence-electron chi connectivity index (χ2n) is 8.31. The zero-order chi connectivity index (χ0) is 22.9. The lowest BCUT2D eigenvalue weighted by Crippen LogP contribution is -2.49. The Labute approximate surface area is 179 Å². The van der Waals surface area contributed by atoms with Gasteiger partial charge in [-0.25, -0.2) is 13.2 Å². The number of nitrogens with zero attached hydrogens (tertiary/aromatic N) is 2. The first kappa shape index (κ1) is 24.5. The van der Waals surface area contributed by atoms with Crippen LogP contribution in [0.15, 0.2) is 0 Å². The summed E-state index contributed by atoms with van der Waals surface area (Å²) >= 11 is 0. The number of carbonyl (C=O) groups is 1. The molecule has 0 aliphatic carbocycles. The van der Waals surface area contributed by atoms with Crippen molar-refractivity contribution < 1.29 is 45.7 Å². The normalized spacial score (nSPS) is 26.4. The van der Waals surface area contributed by atoms with E-state index >= 15 is 0 Å². The maximum atomic E-state index is 12.9. The molecule has 1 amide bonds. The summed E-state index contributed by atoms with van der Waals surface area (Å²) in [5.41, 5.74) is -0.624. The molecule has 0 aromatic rings. The Morgan fingerprint density at radius 1 is 1.29 bits per heavy atom. The van der Waals surface area contributed by atoms with Crippen molar-refractivity contribution in [3.8, 4) is 0 Å². The number of amides is 1. The van der Waals surface area contributed by atoms with E-state index in [1.165, 1.54) is 4.31 Å². The number of hydrogen-bond acceptors (Lipinski definition) is 7. The summed E-state index contributed by atoms with van der Waals surface area (Å²) in [6.45, 7) is -0.0354. The SMILES string of the molecule is CN(C1COC2(CCN(C(=O)OC(CO)C(F)(F)F)CC2)C1)S(=O)(=O)C1CCOCC1. The van der Waals surface area contributed by atoms with E-state index in [-0.39, 0.29) is 25.7 Å². The predicted octanol–water partition coefficient (Wildman–Crippen LogP) is 1.11. The van der Waals surface area contributed by atoms with E-state index in [4.69, 9.17) is 14.6 Å². The van der Waals surface area contributed by atoms with Crippen LogP contribution in [-0.4, -0.2) is 105 Å². The van der Waals surface area contributed by atoms with Crippen LogP contribution in [0.25, 0.3) is 0 Å². The number of likely N-dealkylation sites (tertiary alicyclic amines) is 1. The highest BCUT2D eigenvalue weighted by Crippen LogP contribution is 2.39. The molecule has 3 aliphatic heterocycles. The van der Waals surface area contributed by atoms with Crippen molar-refractivity contribution >= 4 is 16.1 Å². The molecule has 3 saturated heterocycles. The molecule has 13 heteroatoms. The largest absolute Gasteiger partial charge is 0.434 e.